The van der Waals surface area contributed by atoms with Gasteiger partial charge in [0.15, 0.2) is 18.4 Å². The number of rotatable bonds is 7. The Morgan fingerprint density at radius 1 is 1.07 bits per heavy atom. The molecule has 2 aromatic rings. The molecule has 2 aromatic carbocycles. The summed E-state index contributed by atoms with van der Waals surface area (Å²) in [6.45, 7) is 3.31. The van der Waals surface area contributed by atoms with Crippen molar-refractivity contribution in [2.24, 2.45) is 0 Å². The predicted octanol–water partition coefficient (Wildman–Crippen LogP) is 2.02. The number of ketones is 1. The van der Waals surface area contributed by atoms with Crippen LogP contribution in [0.2, 0.25) is 5.02 Å². The summed E-state index contributed by atoms with van der Waals surface area (Å²) in [4.78, 5) is 36.9. The molecule has 0 aliphatic heterocycles. The third-order valence-corrected chi connectivity index (χ3v) is 4.59. The van der Waals surface area contributed by atoms with Crippen molar-refractivity contribution in [1.29, 1.82) is 0 Å². The Labute approximate surface area is 163 Å². The van der Waals surface area contributed by atoms with Crippen LogP contribution >= 0.6 is 11.6 Å². The SMILES string of the molecule is CC(=O)c1cccc(NC(=O)[C@H](C)[NH+](C)CC(=O)Nc2ccccc2Cl)c1. The van der Waals surface area contributed by atoms with Gasteiger partial charge in [-0.25, -0.2) is 0 Å². The van der Waals surface area contributed by atoms with Gasteiger partial charge in [-0.2, -0.15) is 0 Å². The molecule has 1 unspecified atom stereocenters. The molecule has 0 aliphatic rings. The summed E-state index contributed by atoms with van der Waals surface area (Å²) in [5, 5.41) is 5.99. The van der Waals surface area contributed by atoms with E-state index < -0.39 is 6.04 Å². The van der Waals surface area contributed by atoms with E-state index in [9.17, 15) is 14.4 Å². The molecule has 0 saturated heterocycles. The van der Waals surface area contributed by atoms with E-state index in [1.807, 2.05) is 0 Å². The van der Waals surface area contributed by atoms with Crippen molar-refractivity contribution >= 4 is 40.6 Å². The number of nitrogens with one attached hydrogen (secondary N) is 3. The number of carbonyl (C=O) groups excluding carboxylic acids is 3. The molecule has 0 heterocycles. The molecular weight excluding hydrogens is 366 g/mol. The second-order valence-corrected chi connectivity index (χ2v) is 6.81. The molecule has 0 saturated carbocycles. The molecule has 0 aromatic heterocycles. The smallest absolute Gasteiger partial charge is 0.282 e. The first-order valence-corrected chi connectivity index (χ1v) is 8.94. The fraction of sp³-hybridized carbons (Fsp3) is 0.250. The molecule has 7 heteroatoms. The van der Waals surface area contributed by atoms with Gasteiger partial charge in [-0.15, -0.1) is 0 Å². The van der Waals surface area contributed by atoms with Gasteiger partial charge in [-0.05, 0) is 38.1 Å². The third-order valence-electron chi connectivity index (χ3n) is 4.26. The summed E-state index contributed by atoms with van der Waals surface area (Å²) < 4.78 is 0. The van der Waals surface area contributed by atoms with Crippen molar-refractivity contribution < 1.29 is 19.3 Å². The molecule has 3 N–H and O–H groups in total. The summed E-state index contributed by atoms with van der Waals surface area (Å²) in [6, 6.07) is 13.3. The molecule has 0 spiro atoms. The molecule has 2 rings (SSSR count). The van der Waals surface area contributed by atoms with Crippen molar-refractivity contribution in [2.75, 3.05) is 24.2 Å². The molecule has 0 bridgehead atoms. The fourth-order valence-electron chi connectivity index (χ4n) is 2.45. The first-order valence-electron chi connectivity index (χ1n) is 8.56. The largest absolute Gasteiger partial charge is 0.321 e. The van der Waals surface area contributed by atoms with E-state index in [1.54, 1.807) is 62.5 Å². The predicted molar refractivity (Wildman–Crippen MR) is 106 cm³/mol. The molecule has 0 aliphatic carbocycles. The minimum atomic E-state index is -0.469. The van der Waals surface area contributed by atoms with Crippen LogP contribution in [0.5, 0.6) is 0 Å². The molecule has 0 radical (unpaired) electrons. The van der Waals surface area contributed by atoms with Crippen LogP contribution in [0.15, 0.2) is 48.5 Å². The Bertz CT molecular complexity index is 854. The van der Waals surface area contributed by atoms with E-state index in [0.717, 1.165) is 4.90 Å². The normalized spacial score (nSPS) is 12.7. The minimum Gasteiger partial charge on any atom is -0.321 e. The molecule has 0 fully saturated rings. The van der Waals surface area contributed by atoms with Gasteiger partial charge < -0.3 is 15.5 Å². The Balaban J connectivity index is 1.93. The molecule has 2 atom stereocenters. The maximum atomic E-state index is 12.5. The first kappa shape index (κ1) is 20.6. The van der Waals surface area contributed by atoms with E-state index in [-0.39, 0.29) is 24.1 Å². The maximum Gasteiger partial charge on any atom is 0.282 e. The number of halogens is 1. The maximum absolute atomic E-state index is 12.5. The standard InChI is InChI=1S/C20H22ClN3O3/c1-13(20(27)22-16-8-6-7-15(11-16)14(2)25)24(3)12-19(26)23-18-10-5-4-9-17(18)21/h4-11,13H,12H2,1-3H3,(H,22,27)(H,23,26)/p+1/t13-/m0/s1. The number of para-hydroxylation sites is 1. The number of hydrogen-bond acceptors (Lipinski definition) is 3. The lowest BCUT2D eigenvalue weighted by Crippen LogP contribution is -3.14. The van der Waals surface area contributed by atoms with Gasteiger partial charge in [-0.1, -0.05) is 35.9 Å². The zero-order valence-electron chi connectivity index (χ0n) is 15.5. The Morgan fingerprint density at radius 2 is 1.78 bits per heavy atom. The number of carbonyl (C=O) groups is 3. The molecule has 2 amide bonds. The van der Waals surface area contributed by atoms with Gasteiger partial charge >= 0.3 is 0 Å². The highest BCUT2D eigenvalue weighted by molar-refractivity contribution is 6.33. The van der Waals surface area contributed by atoms with Gasteiger partial charge in [-0.3, -0.25) is 14.4 Å². The summed E-state index contributed by atoms with van der Waals surface area (Å²) >= 11 is 6.03. The zero-order valence-corrected chi connectivity index (χ0v) is 16.3. The average molecular weight is 389 g/mol. The molecular formula is C20H23ClN3O3+. The Morgan fingerprint density at radius 3 is 2.44 bits per heavy atom. The molecule has 142 valence electrons. The quantitative estimate of drug-likeness (QED) is 0.635. The van der Waals surface area contributed by atoms with Gasteiger partial charge in [0.2, 0.25) is 0 Å². The second-order valence-electron chi connectivity index (χ2n) is 6.40. The van der Waals surface area contributed by atoms with E-state index in [0.29, 0.717) is 22.0 Å². The van der Waals surface area contributed by atoms with E-state index >= 15 is 0 Å². The van der Waals surface area contributed by atoms with Crippen LogP contribution in [0, 0.1) is 0 Å². The number of anilines is 2. The lowest BCUT2D eigenvalue weighted by atomic mass is 10.1. The van der Waals surface area contributed by atoms with Crippen LogP contribution in [0.4, 0.5) is 11.4 Å². The lowest BCUT2D eigenvalue weighted by Gasteiger charge is -2.21. The van der Waals surface area contributed by atoms with E-state index in [1.165, 1.54) is 6.92 Å². The highest BCUT2D eigenvalue weighted by Crippen LogP contribution is 2.19. The van der Waals surface area contributed by atoms with E-state index in [4.69, 9.17) is 11.6 Å². The highest BCUT2D eigenvalue weighted by Gasteiger charge is 2.24. The summed E-state index contributed by atoms with van der Waals surface area (Å²) in [6.07, 6.45) is 0. The third kappa shape index (κ3) is 5.91. The van der Waals surface area contributed by atoms with Crippen molar-refractivity contribution in [3.63, 3.8) is 0 Å². The number of Topliss-reactive ketones (excluding diaryl/α,β-unsaturated/α-hetero) is 1. The molecule has 6 nitrogen and oxygen atoms in total. The zero-order chi connectivity index (χ0) is 20.0. The van der Waals surface area contributed by atoms with Crippen molar-refractivity contribution in [2.45, 2.75) is 19.9 Å². The van der Waals surface area contributed by atoms with Gasteiger partial charge in [0.25, 0.3) is 11.8 Å². The molecule has 27 heavy (non-hydrogen) atoms. The number of benzene rings is 2. The van der Waals surface area contributed by atoms with Gasteiger partial charge in [0.1, 0.15) is 0 Å². The van der Waals surface area contributed by atoms with Crippen LogP contribution in [-0.2, 0) is 9.59 Å². The average Bonchev–Trinajstić information content (AvgIpc) is 2.63. The van der Waals surface area contributed by atoms with Crippen LogP contribution in [-0.4, -0.2) is 37.2 Å². The monoisotopic (exact) mass is 388 g/mol. The van der Waals surface area contributed by atoms with Crippen LogP contribution in [0.1, 0.15) is 24.2 Å². The number of amides is 2. The summed E-state index contributed by atoms with van der Waals surface area (Å²) in [5.74, 6) is -0.546. The van der Waals surface area contributed by atoms with Crippen molar-refractivity contribution in [1.82, 2.24) is 0 Å². The summed E-state index contributed by atoms with van der Waals surface area (Å²) in [7, 11) is 1.77. The van der Waals surface area contributed by atoms with Crippen molar-refractivity contribution in [3.05, 3.63) is 59.1 Å². The van der Waals surface area contributed by atoms with Gasteiger partial charge in [0.05, 0.1) is 17.8 Å². The minimum absolute atomic E-state index is 0.0712. The first-order chi connectivity index (χ1) is 12.8. The number of quaternary nitrogens is 1. The Hall–Kier alpha value is -2.70. The van der Waals surface area contributed by atoms with Crippen LogP contribution < -0.4 is 15.5 Å². The van der Waals surface area contributed by atoms with Crippen LogP contribution in [0.3, 0.4) is 0 Å². The topological polar surface area (TPSA) is 79.7 Å². The highest BCUT2D eigenvalue weighted by atomic mass is 35.5. The number of likely N-dealkylation sites (N-methyl/N-ethyl adjacent to an activating group) is 1. The summed E-state index contributed by atoms with van der Waals surface area (Å²) in [5.41, 5.74) is 1.61. The second kappa shape index (κ2) is 9.30. The van der Waals surface area contributed by atoms with Crippen LogP contribution in [0.25, 0.3) is 0 Å². The van der Waals surface area contributed by atoms with E-state index in [2.05, 4.69) is 10.6 Å². The lowest BCUT2D eigenvalue weighted by molar-refractivity contribution is -0.885. The van der Waals surface area contributed by atoms with Crippen molar-refractivity contribution in [3.8, 4) is 0 Å². The Kier molecular flexibility index (Phi) is 7.10. The fourth-order valence-corrected chi connectivity index (χ4v) is 2.64. The number of hydrogen-bond donors (Lipinski definition) is 3. The van der Waals surface area contributed by atoms with Gasteiger partial charge in [0, 0.05) is 11.3 Å².